The third-order valence-corrected chi connectivity index (χ3v) is 6.00. The average Bonchev–Trinajstić information content (AvgIpc) is 2.78. The zero-order chi connectivity index (χ0) is 21.1. The Kier molecular flexibility index (Phi) is 5.88. The van der Waals surface area contributed by atoms with Crippen LogP contribution in [0.25, 0.3) is 0 Å². The van der Waals surface area contributed by atoms with Crippen molar-refractivity contribution in [1.29, 1.82) is 0 Å². The third-order valence-electron chi connectivity index (χ3n) is 4.60. The van der Waals surface area contributed by atoms with Crippen LogP contribution in [0.15, 0.2) is 23.1 Å². The molecule has 3 heterocycles. The van der Waals surface area contributed by atoms with Gasteiger partial charge in [-0.3, -0.25) is 0 Å². The smallest absolute Gasteiger partial charge is 0.241 e. The highest BCUT2D eigenvalue weighted by atomic mass is 32.2. The molecule has 1 aromatic heterocycles. The van der Waals surface area contributed by atoms with Crippen LogP contribution in [0.2, 0.25) is 0 Å². The molecule has 0 atom stereocenters. The number of anilines is 2. The van der Waals surface area contributed by atoms with E-state index >= 15 is 0 Å². The summed E-state index contributed by atoms with van der Waals surface area (Å²) >= 11 is 0. The first-order valence-corrected chi connectivity index (χ1v) is 11.0. The van der Waals surface area contributed by atoms with Gasteiger partial charge in [0.15, 0.2) is 17.3 Å². The number of aromatic nitrogens is 3. The van der Waals surface area contributed by atoms with Gasteiger partial charge in [0, 0.05) is 33.3 Å². The fourth-order valence-electron chi connectivity index (χ4n) is 3.01. The molecule has 1 N–H and O–H groups in total. The number of ether oxygens (including phenoxy) is 3. The Bertz CT molecular complexity index is 1010. The molecule has 162 valence electrons. The molecule has 11 nitrogen and oxygen atoms in total. The minimum atomic E-state index is -3.80. The maximum atomic E-state index is 12.8. The van der Waals surface area contributed by atoms with Gasteiger partial charge in [-0.2, -0.15) is 15.0 Å². The van der Waals surface area contributed by atoms with E-state index in [0.717, 1.165) is 0 Å². The van der Waals surface area contributed by atoms with E-state index in [1.54, 1.807) is 11.0 Å². The second-order valence-electron chi connectivity index (χ2n) is 6.98. The summed E-state index contributed by atoms with van der Waals surface area (Å²) < 4.78 is 44.4. The van der Waals surface area contributed by atoms with Crippen molar-refractivity contribution in [3.63, 3.8) is 0 Å². The number of nitrogens with one attached hydrogen (secondary N) is 1. The lowest BCUT2D eigenvalue weighted by atomic mass is 10.3. The van der Waals surface area contributed by atoms with Crippen LogP contribution < -0.4 is 24.0 Å². The van der Waals surface area contributed by atoms with Crippen molar-refractivity contribution < 1.29 is 22.6 Å². The molecule has 12 heteroatoms. The van der Waals surface area contributed by atoms with Gasteiger partial charge in [0.2, 0.25) is 21.9 Å². The Morgan fingerprint density at radius 1 is 1.03 bits per heavy atom. The number of nitrogens with zero attached hydrogens (tertiary/aromatic N) is 5. The van der Waals surface area contributed by atoms with Crippen LogP contribution in [-0.2, 0) is 21.3 Å². The molecular weight excluding hydrogens is 412 g/mol. The Hall–Kier alpha value is -2.70. The fourth-order valence-corrected chi connectivity index (χ4v) is 4.01. The number of morpholine rings is 1. The second-order valence-corrected chi connectivity index (χ2v) is 8.74. The van der Waals surface area contributed by atoms with Crippen molar-refractivity contribution in [3.8, 4) is 11.5 Å². The average molecular weight is 436 g/mol. The molecule has 4 rings (SSSR count). The summed E-state index contributed by atoms with van der Waals surface area (Å²) in [4.78, 5) is 17.1. The minimum absolute atomic E-state index is 0.0719. The molecule has 0 aliphatic carbocycles. The zero-order valence-corrected chi connectivity index (χ0v) is 17.7. The third kappa shape index (κ3) is 4.55. The molecule has 2 aliphatic heterocycles. The highest BCUT2D eigenvalue weighted by molar-refractivity contribution is 7.89. The maximum Gasteiger partial charge on any atom is 0.241 e. The van der Waals surface area contributed by atoms with E-state index in [-0.39, 0.29) is 11.4 Å². The first kappa shape index (κ1) is 20.6. The number of benzene rings is 1. The molecule has 0 radical (unpaired) electrons. The van der Waals surface area contributed by atoms with Crippen molar-refractivity contribution >= 4 is 21.9 Å². The van der Waals surface area contributed by atoms with Crippen LogP contribution in [0.4, 0.5) is 11.9 Å². The SMILES string of the molecule is CN(C)c1nc(CNS(=O)(=O)c2ccc3c(c2)OCCO3)nc(N2CCOCC2)n1. The predicted molar refractivity (Wildman–Crippen MR) is 109 cm³/mol. The van der Waals surface area contributed by atoms with Gasteiger partial charge in [-0.25, -0.2) is 13.1 Å². The second kappa shape index (κ2) is 8.58. The lowest BCUT2D eigenvalue weighted by Crippen LogP contribution is -2.38. The highest BCUT2D eigenvalue weighted by Gasteiger charge is 2.21. The molecule has 1 saturated heterocycles. The number of hydrogen-bond donors (Lipinski definition) is 1. The van der Waals surface area contributed by atoms with Crippen LogP contribution in [-0.4, -0.2) is 77.0 Å². The first-order chi connectivity index (χ1) is 14.4. The monoisotopic (exact) mass is 436 g/mol. The summed E-state index contributed by atoms with van der Waals surface area (Å²) in [6, 6.07) is 4.52. The molecule has 0 spiro atoms. The van der Waals surface area contributed by atoms with Crippen molar-refractivity contribution in [2.24, 2.45) is 0 Å². The largest absolute Gasteiger partial charge is 0.486 e. The summed E-state index contributed by atoms with van der Waals surface area (Å²) in [6.07, 6.45) is 0. The van der Waals surface area contributed by atoms with Gasteiger partial charge < -0.3 is 24.0 Å². The summed E-state index contributed by atoms with van der Waals surface area (Å²) in [5.41, 5.74) is 0. The van der Waals surface area contributed by atoms with Crippen molar-refractivity contribution in [3.05, 3.63) is 24.0 Å². The highest BCUT2D eigenvalue weighted by Crippen LogP contribution is 2.32. The van der Waals surface area contributed by atoms with Crippen molar-refractivity contribution in [2.45, 2.75) is 11.4 Å². The molecule has 1 aromatic carbocycles. The van der Waals surface area contributed by atoms with Crippen LogP contribution >= 0.6 is 0 Å². The molecule has 0 saturated carbocycles. The van der Waals surface area contributed by atoms with Crippen LogP contribution in [0.5, 0.6) is 11.5 Å². The topological polar surface area (TPSA) is 119 Å². The maximum absolute atomic E-state index is 12.8. The van der Waals surface area contributed by atoms with Gasteiger partial charge >= 0.3 is 0 Å². The molecule has 0 bridgehead atoms. The molecule has 2 aliphatic rings. The Labute approximate surface area is 175 Å². The van der Waals surface area contributed by atoms with E-state index in [1.165, 1.54) is 12.1 Å². The van der Waals surface area contributed by atoms with Crippen molar-refractivity contribution in [1.82, 2.24) is 19.7 Å². The quantitative estimate of drug-likeness (QED) is 0.664. The predicted octanol–water partition coefficient (Wildman–Crippen LogP) is 0.0239. The van der Waals surface area contributed by atoms with Gasteiger partial charge in [-0.15, -0.1) is 0 Å². The Morgan fingerprint density at radius 2 is 1.77 bits per heavy atom. The van der Waals surface area contributed by atoms with E-state index in [2.05, 4.69) is 19.7 Å². The molecular formula is C18H24N6O5S. The van der Waals surface area contributed by atoms with E-state index < -0.39 is 10.0 Å². The summed E-state index contributed by atoms with van der Waals surface area (Å²) in [6.45, 7) is 3.27. The van der Waals surface area contributed by atoms with Crippen LogP contribution in [0.1, 0.15) is 5.82 Å². The minimum Gasteiger partial charge on any atom is -0.486 e. The number of rotatable bonds is 6. The van der Waals surface area contributed by atoms with Crippen molar-refractivity contribution in [2.75, 3.05) is 63.4 Å². The van der Waals surface area contributed by atoms with Gasteiger partial charge in [0.05, 0.1) is 24.7 Å². The number of fused-ring (bicyclic) bond motifs is 1. The summed E-state index contributed by atoms with van der Waals surface area (Å²) in [5, 5.41) is 0. The molecule has 0 unspecified atom stereocenters. The Morgan fingerprint density at radius 3 is 2.50 bits per heavy atom. The molecule has 2 aromatic rings. The van der Waals surface area contributed by atoms with E-state index in [4.69, 9.17) is 14.2 Å². The Balaban J connectivity index is 1.54. The molecule has 1 fully saturated rings. The lowest BCUT2D eigenvalue weighted by molar-refractivity contribution is 0.122. The van der Waals surface area contributed by atoms with E-state index in [1.807, 2.05) is 19.0 Å². The fraction of sp³-hybridized carbons (Fsp3) is 0.500. The molecule has 0 amide bonds. The van der Waals surface area contributed by atoms with Gasteiger partial charge in [-0.1, -0.05) is 0 Å². The van der Waals surface area contributed by atoms with Crippen LogP contribution in [0, 0.1) is 0 Å². The van der Waals surface area contributed by atoms with E-state index in [9.17, 15) is 8.42 Å². The molecule has 30 heavy (non-hydrogen) atoms. The van der Waals surface area contributed by atoms with Gasteiger partial charge in [-0.05, 0) is 12.1 Å². The zero-order valence-electron chi connectivity index (χ0n) is 16.9. The standard InChI is InChI=1S/C18H24N6O5S/c1-23(2)17-20-16(21-18(22-17)24-5-7-27-8-6-24)12-19-30(25,26)13-3-4-14-15(11-13)29-10-9-28-14/h3-4,11,19H,5-10,12H2,1-2H3. The van der Waals surface area contributed by atoms with Gasteiger partial charge in [0.25, 0.3) is 0 Å². The summed E-state index contributed by atoms with van der Waals surface area (Å²) in [5.74, 6) is 2.24. The lowest BCUT2D eigenvalue weighted by Gasteiger charge is -2.27. The van der Waals surface area contributed by atoms with E-state index in [0.29, 0.717) is 68.7 Å². The number of sulfonamides is 1. The van der Waals surface area contributed by atoms with Gasteiger partial charge in [0.1, 0.15) is 13.2 Å². The van der Waals surface area contributed by atoms with Crippen LogP contribution in [0.3, 0.4) is 0 Å². The summed E-state index contributed by atoms with van der Waals surface area (Å²) in [7, 11) is -0.154. The normalized spacial score (nSPS) is 16.4. The first-order valence-electron chi connectivity index (χ1n) is 9.57. The number of hydrogen-bond acceptors (Lipinski definition) is 10.